The number of furan rings is 1. The van der Waals surface area contributed by atoms with Gasteiger partial charge in [-0.1, -0.05) is 23.7 Å². The monoisotopic (exact) mass is 501 g/mol. The number of carbonyl (C=O) groups excluding carboxylic acids is 3. The van der Waals surface area contributed by atoms with Crippen molar-refractivity contribution >= 4 is 45.0 Å². The van der Waals surface area contributed by atoms with Gasteiger partial charge in [-0.2, -0.15) is 0 Å². The van der Waals surface area contributed by atoms with Crippen LogP contribution in [0.1, 0.15) is 17.7 Å². The third-order valence-corrected chi connectivity index (χ3v) is 6.60. The quantitative estimate of drug-likeness (QED) is 0.495. The van der Waals surface area contributed by atoms with E-state index in [-0.39, 0.29) is 35.9 Å². The molecule has 11 heteroatoms. The molecule has 0 spiro atoms. The average molecular weight is 502 g/mol. The number of halogens is 1. The van der Waals surface area contributed by atoms with Gasteiger partial charge in [0.15, 0.2) is 0 Å². The summed E-state index contributed by atoms with van der Waals surface area (Å²) in [6.45, 7) is 0.00129. The highest BCUT2D eigenvalue weighted by Crippen LogP contribution is 2.28. The molecule has 1 unspecified atom stereocenters. The van der Waals surface area contributed by atoms with Gasteiger partial charge in [0.1, 0.15) is 11.8 Å². The smallest absolute Gasteiger partial charge is 0.257 e. The summed E-state index contributed by atoms with van der Waals surface area (Å²) in [6, 6.07) is 14.1. The van der Waals surface area contributed by atoms with Crippen LogP contribution in [0.2, 0.25) is 5.02 Å². The van der Waals surface area contributed by atoms with Crippen LogP contribution in [-0.2, 0) is 37.4 Å². The van der Waals surface area contributed by atoms with Gasteiger partial charge >= 0.3 is 0 Å². The third-order valence-electron chi connectivity index (χ3n) is 5.42. The van der Waals surface area contributed by atoms with Crippen molar-refractivity contribution in [3.8, 4) is 0 Å². The molecular weight excluding hydrogens is 482 g/mol. The van der Waals surface area contributed by atoms with Crippen LogP contribution in [0.3, 0.4) is 0 Å². The number of sulfonamides is 1. The Bertz CT molecular complexity index is 1320. The number of nitrogens with zero attached hydrogens (tertiary/aromatic N) is 2. The number of carbonyl (C=O) groups is 3. The first-order chi connectivity index (χ1) is 16.1. The molecule has 0 radical (unpaired) electrons. The summed E-state index contributed by atoms with van der Waals surface area (Å²) in [7, 11) is -3.93. The van der Waals surface area contributed by atoms with Crippen LogP contribution in [0.25, 0.3) is 0 Å². The second-order valence-corrected chi connectivity index (χ2v) is 9.73. The summed E-state index contributed by atoms with van der Waals surface area (Å²) in [5.41, 5.74) is 0.888. The van der Waals surface area contributed by atoms with Gasteiger partial charge in [-0.05, 0) is 54.1 Å². The second-order valence-electron chi connectivity index (χ2n) is 7.73. The molecule has 1 aliphatic heterocycles. The van der Waals surface area contributed by atoms with Gasteiger partial charge in [-0.25, -0.2) is 18.5 Å². The predicted molar refractivity (Wildman–Crippen MR) is 123 cm³/mol. The van der Waals surface area contributed by atoms with E-state index in [2.05, 4.69) is 0 Å². The van der Waals surface area contributed by atoms with E-state index in [4.69, 9.17) is 21.2 Å². The molecular formula is C23H20ClN3O6S. The van der Waals surface area contributed by atoms with Crippen molar-refractivity contribution in [3.63, 3.8) is 0 Å². The molecule has 3 aromatic rings. The number of primary sulfonamides is 1. The summed E-state index contributed by atoms with van der Waals surface area (Å²) in [6.07, 6.45) is 1.24. The Balaban J connectivity index is 1.60. The van der Waals surface area contributed by atoms with Crippen LogP contribution in [0.4, 0.5) is 5.69 Å². The molecule has 9 nitrogen and oxygen atoms in total. The lowest BCUT2D eigenvalue weighted by Gasteiger charge is -2.27. The van der Waals surface area contributed by atoms with E-state index in [0.717, 1.165) is 4.90 Å². The van der Waals surface area contributed by atoms with Crippen LogP contribution in [0.15, 0.2) is 76.2 Å². The van der Waals surface area contributed by atoms with Crippen LogP contribution in [-0.4, -0.2) is 37.1 Å². The Morgan fingerprint density at radius 2 is 1.76 bits per heavy atom. The van der Waals surface area contributed by atoms with Gasteiger partial charge in [-0.15, -0.1) is 0 Å². The molecule has 0 bridgehead atoms. The molecule has 4 rings (SSSR count). The number of anilines is 1. The number of amides is 3. The average Bonchev–Trinajstić information content (AvgIpc) is 3.40. The molecule has 0 aliphatic carbocycles. The van der Waals surface area contributed by atoms with Crippen molar-refractivity contribution < 1.29 is 27.2 Å². The highest BCUT2D eigenvalue weighted by atomic mass is 35.5. The molecule has 2 heterocycles. The van der Waals surface area contributed by atoms with Gasteiger partial charge in [0, 0.05) is 5.02 Å². The van der Waals surface area contributed by atoms with Gasteiger partial charge < -0.3 is 9.32 Å². The first kappa shape index (κ1) is 23.7. The van der Waals surface area contributed by atoms with E-state index in [1.54, 1.807) is 36.4 Å². The SMILES string of the molecule is NS(=O)(=O)c1ccc(N2C(=O)CC(N(Cc3ccco3)C(=O)Cc3ccc(Cl)cc3)C2=O)cc1. The van der Waals surface area contributed by atoms with Crippen molar-refractivity contribution in [2.75, 3.05) is 4.90 Å². The maximum atomic E-state index is 13.3. The summed E-state index contributed by atoms with van der Waals surface area (Å²) in [5.74, 6) is -1.01. The molecule has 2 N–H and O–H groups in total. The maximum Gasteiger partial charge on any atom is 0.257 e. The zero-order valence-corrected chi connectivity index (χ0v) is 19.3. The van der Waals surface area contributed by atoms with Crippen molar-refractivity contribution in [2.45, 2.75) is 30.3 Å². The van der Waals surface area contributed by atoms with Crippen LogP contribution in [0, 0.1) is 0 Å². The Labute approximate surface area is 200 Å². The zero-order valence-electron chi connectivity index (χ0n) is 17.8. The van der Waals surface area contributed by atoms with Crippen molar-refractivity contribution in [1.82, 2.24) is 4.90 Å². The standard InChI is InChI=1S/C23H20ClN3O6S/c24-16-5-3-15(4-6-16)12-21(28)26(14-18-2-1-11-33-18)20-13-22(29)27(23(20)30)17-7-9-19(10-8-17)34(25,31)32/h1-11,20H,12-14H2,(H2,25,31,32). The number of hydrogen-bond acceptors (Lipinski definition) is 6. The topological polar surface area (TPSA) is 131 Å². The minimum atomic E-state index is -3.93. The summed E-state index contributed by atoms with van der Waals surface area (Å²) < 4.78 is 28.4. The lowest BCUT2D eigenvalue weighted by molar-refractivity contribution is -0.138. The van der Waals surface area contributed by atoms with Crippen molar-refractivity contribution in [1.29, 1.82) is 0 Å². The molecule has 176 valence electrons. The number of hydrogen-bond donors (Lipinski definition) is 1. The largest absolute Gasteiger partial charge is 0.467 e. The molecule has 1 atom stereocenters. The number of nitrogens with two attached hydrogens (primary N) is 1. The van der Waals surface area contributed by atoms with Crippen LogP contribution >= 0.6 is 11.6 Å². The van der Waals surface area contributed by atoms with Gasteiger partial charge in [0.25, 0.3) is 5.91 Å². The fourth-order valence-corrected chi connectivity index (χ4v) is 4.38. The first-order valence-corrected chi connectivity index (χ1v) is 12.1. The lowest BCUT2D eigenvalue weighted by atomic mass is 10.1. The van der Waals surface area contributed by atoms with E-state index in [1.165, 1.54) is 35.4 Å². The van der Waals surface area contributed by atoms with E-state index in [9.17, 15) is 22.8 Å². The maximum absolute atomic E-state index is 13.3. The number of imide groups is 1. The molecule has 1 aromatic heterocycles. The van der Waals surface area contributed by atoms with E-state index < -0.39 is 27.9 Å². The van der Waals surface area contributed by atoms with Crippen molar-refractivity contribution in [3.05, 3.63) is 83.3 Å². The predicted octanol–water partition coefficient (Wildman–Crippen LogP) is 2.48. The fraction of sp³-hybridized carbons (Fsp3) is 0.174. The number of benzene rings is 2. The Kier molecular flexibility index (Phi) is 6.56. The van der Waals surface area contributed by atoms with Crippen molar-refractivity contribution in [2.24, 2.45) is 5.14 Å². The normalized spacial score (nSPS) is 16.2. The lowest BCUT2D eigenvalue weighted by Crippen LogP contribution is -2.45. The summed E-state index contributed by atoms with van der Waals surface area (Å²) >= 11 is 5.92. The van der Waals surface area contributed by atoms with E-state index in [1.807, 2.05) is 0 Å². The Hall–Kier alpha value is -3.47. The fourth-order valence-electron chi connectivity index (χ4n) is 3.74. The highest BCUT2D eigenvalue weighted by Gasteiger charge is 2.44. The first-order valence-electron chi connectivity index (χ1n) is 10.2. The summed E-state index contributed by atoms with van der Waals surface area (Å²) in [5, 5.41) is 5.64. The Morgan fingerprint density at radius 1 is 1.09 bits per heavy atom. The molecule has 1 aliphatic rings. The molecule has 1 saturated heterocycles. The van der Waals surface area contributed by atoms with Crippen LogP contribution < -0.4 is 10.0 Å². The van der Waals surface area contributed by atoms with Gasteiger partial charge in [-0.3, -0.25) is 14.4 Å². The minimum Gasteiger partial charge on any atom is -0.467 e. The molecule has 1 fully saturated rings. The highest BCUT2D eigenvalue weighted by molar-refractivity contribution is 7.89. The zero-order chi connectivity index (χ0) is 24.5. The second kappa shape index (κ2) is 9.41. The minimum absolute atomic E-state index is 0.00109. The molecule has 34 heavy (non-hydrogen) atoms. The van der Waals surface area contributed by atoms with Crippen LogP contribution in [0.5, 0.6) is 0 Å². The van der Waals surface area contributed by atoms with Gasteiger partial charge in [0.05, 0.1) is 36.2 Å². The molecule has 2 aromatic carbocycles. The number of rotatable bonds is 7. The van der Waals surface area contributed by atoms with E-state index in [0.29, 0.717) is 16.3 Å². The summed E-state index contributed by atoms with van der Waals surface area (Å²) in [4.78, 5) is 41.5. The molecule has 3 amide bonds. The van der Waals surface area contributed by atoms with Gasteiger partial charge in [0.2, 0.25) is 21.8 Å². The third kappa shape index (κ3) is 5.04. The van der Waals surface area contributed by atoms with E-state index >= 15 is 0 Å². The Morgan fingerprint density at radius 3 is 2.35 bits per heavy atom. The molecule has 0 saturated carbocycles.